The highest BCUT2D eigenvalue weighted by Crippen LogP contribution is 2.30. The first kappa shape index (κ1) is 17.2. The monoisotopic (exact) mass is 331 g/mol. The fourth-order valence-electron chi connectivity index (χ4n) is 3.43. The molecule has 0 N–H and O–H groups in total. The number of piperidine rings is 1. The maximum absolute atomic E-state index is 12.6. The van der Waals surface area contributed by atoms with Gasteiger partial charge in [0.2, 0.25) is 0 Å². The molecule has 2 heteroatoms. The first-order valence-electron chi connectivity index (χ1n) is 8.88. The Morgan fingerprint density at radius 3 is 2.48 bits per heavy atom. The number of rotatable bonds is 3. The van der Waals surface area contributed by atoms with Gasteiger partial charge in [-0.05, 0) is 73.6 Å². The van der Waals surface area contributed by atoms with Gasteiger partial charge in [0.05, 0.1) is 0 Å². The lowest BCUT2D eigenvalue weighted by Crippen LogP contribution is -2.34. The van der Waals surface area contributed by atoms with Crippen LogP contribution in [0.4, 0.5) is 0 Å². The Morgan fingerprint density at radius 2 is 1.76 bits per heavy atom. The summed E-state index contributed by atoms with van der Waals surface area (Å²) in [7, 11) is 0. The highest BCUT2D eigenvalue weighted by molar-refractivity contribution is 6.00. The van der Waals surface area contributed by atoms with Crippen molar-refractivity contribution in [2.75, 3.05) is 6.54 Å². The van der Waals surface area contributed by atoms with E-state index in [4.69, 9.17) is 0 Å². The van der Waals surface area contributed by atoms with Gasteiger partial charge in [0.1, 0.15) is 0 Å². The molecule has 3 rings (SSSR count). The van der Waals surface area contributed by atoms with Crippen LogP contribution >= 0.6 is 0 Å². The molecule has 1 fully saturated rings. The zero-order chi connectivity index (χ0) is 18.0. The second kappa shape index (κ2) is 7.10. The zero-order valence-electron chi connectivity index (χ0n) is 15.3. The van der Waals surface area contributed by atoms with Crippen LogP contribution in [0.5, 0.6) is 0 Å². The molecule has 1 aliphatic heterocycles. The van der Waals surface area contributed by atoms with Gasteiger partial charge in [-0.2, -0.15) is 0 Å². The van der Waals surface area contributed by atoms with Crippen LogP contribution in [0.25, 0.3) is 17.2 Å². The molecule has 0 unspecified atom stereocenters. The molecular weight excluding hydrogens is 306 g/mol. The van der Waals surface area contributed by atoms with Crippen LogP contribution in [-0.2, 0) is 4.79 Å². The summed E-state index contributed by atoms with van der Waals surface area (Å²) >= 11 is 0. The van der Waals surface area contributed by atoms with Crippen molar-refractivity contribution in [1.82, 2.24) is 4.90 Å². The molecule has 2 nitrogen and oxygen atoms in total. The van der Waals surface area contributed by atoms with Gasteiger partial charge in [0.25, 0.3) is 5.91 Å². The largest absolute Gasteiger partial charge is 0.313 e. The normalized spacial score (nSPS) is 16.6. The lowest BCUT2D eigenvalue weighted by atomic mass is 9.93. The van der Waals surface area contributed by atoms with Crippen LogP contribution in [0.3, 0.4) is 0 Å². The number of likely N-dealkylation sites (tertiary alicyclic amines) is 1. The third-order valence-electron chi connectivity index (χ3n) is 4.94. The molecule has 1 amide bonds. The highest BCUT2D eigenvalue weighted by atomic mass is 16.2. The molecule has 1 saturated heterocycles. The average molecular weight is 331 g/mol. The third-order valence-corrected chi connectivity index (χ3v) is 4.94. The van der Waals surface area contributed by atoms with Gasteiger partial charge >= 0.3 is 0 Å². The quantitative estimate of drug-likeness (QED) is 0.679. The van der Waals surface area contributed by atoms with Crippen LogP contribution in [0, 0.1) is 13.8 Å². The van der Waals surface area contributed by atoms with Gasteiger partial charge in [-0.25, -0.2) is 0 Å². The smallest absolute Gasteiger partial charge is 0.253 e. The van der Waals surface area contributed by atoms with Crippen LogP contribution < -0.4 is 0 Å². The number of hydrogen-bond donors (Lipinski definition) is 0. The predicted molar refractivity (Wildman–Crippen MR) is 105 cm³/mol. The van der Waals surface area contributed by atoms with E-state index < -0.39 is 0 Å². The summed E-state index contributed by atoms with van der Waals surface area (Å²) in [5.41, 5.74) is 7.86. The van der Waals surface area contributed by atoms with Crippen molar-refractivity contribution in [1.29, 1.82) is 0 Å². The van der Waals surface area contributed by atoms with Gasteiger partial charge in [-0.3, -0.25) is 4.79 Å². The molecule has 0 aliphatic carbocycles. The summed E-state index contributed by atoms with van der Waals surface area (Å²) in [6, 6.07) is 14.8. The van der Waals surface area contributed by atoms with Crippen molar-refractivity contribution in [3.63, 3.8) is 0 Å². The molecule has 0 aromatic heterocycles. The maximum Gasteiger partial charge on any atom is 0.253 e. The Kier molecular flexibility index (Phi) is 4.89. The van der Waals surface area contributed by atoms with Gasteiger partial charge in [0, 0.05) is 17.8 Å². The van der Waals surface area contributed by atoms with E-state index >= 15 is 0 Å². The molecule has 2 aromatic rings. The molecule has 0 saturated carbocycles. The van der Waals surface area contributed by atoms with Crippen molar-refractivity contribution in [3.8, 4) is 11.1 Å². The first-order valence-corrected chi connectivity index (χ1v) is 8.88. The summed E-state index contributed by atoms with van der Waals surface area (Å²) in [5, 5.41) is 0. The topological polar surface area (TPSA) is 20.3 Å². The van der Waals surface area contributed by atoms with Crippen LogP contribution in [0.1, 0.15) is 36.5 Å². The molecule has 0 bridgehead atoms. The number of likely N-dealkylation sites (N-methyl/N-ethyl adjacent to an activating group) is 1. The minimum absolute atomic E-state index is 0.0942. The Morgan fingerprint density at radius 1 is 1.04 bits per heavy atom. The van der Waals surface area contributed by atoms with E-state index in [0.717, 1.165) is 29.7 Å². The fourth-order valence-corrected chi connectivity index (χ4v) is 3.43. The van der Waals surface area contributed by atoms with Gasteiger partial charge in [0.15, 0.2) is 0 Å². The summed E-state index contributed by atoms with van der Waals surface area (Å²) < 4.78 is 0. The predicted octanol–water partition coefficient (Wildman–Crippen LogP) is 5.51. The molecule has 0 radical (unpaired) electrons. The summed E-state index contributed by atoms with van der Waals surface area (Å²) in [4.78, 5) is 14.4. The molecule has 1 heterocycles. The summed E-state index contributed by atoms with van der Waals surface area (Å²) in [6.45, 7) is 10.9. The Bertz CT molecular complexity index is 860. The number of aryl methyl sites for hydroxylation is 2. The maximum atomic E-state index is 12.6. The van der Waals surface area contributed by atoms with Crippen LogP contribution in [-0.4, -0.2) is 17.4 Å². The van der Waals surface area contributed by atoms with Gasteiger partial charge in [-0.1, -0.05) is 43.0 Å². The number of hydrogen-bond acceptors (Lipinski definition) is 1. The van der Waals surface area contributed by atoms with E-state index in [-0.39, 0.29) is 5.91 Å². The molecular formula is C23H25NO. The Labute approximate surface area is 150 Å². The van der Waals surface area contributed by atoms with Gasteiger partial charge < -0.3 is 4.90 Å². The highest BCUT2D eigenvalue weighted by Gasteiger charge is 2.24. The zero-order valence-corrected chi connectivity index (χ0v) is 15.3. The number of allylic oxidation sites excluding steroid dienone is 1. The molecule has 0 atom stereocenters. The minimum Gasteiger partial charge on any atom is -0.313 e. The average Bonchev–Trinajstić information content (AvgIpc) is 2.60. The second-order valence-corrected chi connectivity index (χ2v) is 6.67. The molecule has 1 aliphatic rings. The standard InChI is InChI=1S/C23H25NO/c1-5-24-18(4)11-13-20(23(24)25)14-19-12-10-17(3)22(15-19)21-9-7-6-8-16(21)2/h6-10,12,14-15H,4-5,11,13H2,1-3H3/b20-14-. The minimum atomic E-state index is 0.0942. The first-order chi connectivity index (χ1) is 12.0. The van der Waals surface area contributed by atoms with E-state index in [9.17, 15) is 4.79 Å². The number of nitrogens with zero attached hydrogens (tertiary/aromatic N) is 1. The van der Waals surface area contributed by atoms with Crippen molar-refractivity contribution >= 4 is 12.0 Å². The second-order valence-electron chi connectivity index (χ2n) is 6.67. The number of benzene rings is 2. The molecule has 0 spiro atoms. The summed E-state index contributed by atoms with van der Waals surface area (Å²) in [5.74, 6) is 0.0942. The van der Waals surface area contributed by atoms with Crippen molar-refractivity contribution in [2.45, 2.75) is 33.6 Å². The molecule has 128 valence electrons. The third kappa shape index (κ3) is 3.43. The van der Waals surface area contributed by atoms with E-state index in [1.807, 2.05) is 13.0 Å². The summed E-state index contributed by atoms with van der Waals surface area (Å²) in [6.07, 6.45) is 3.66. The van der Waals surface area contributed by atoms with E-state index in [1.54, 1.807) is 4.90 Å². The molecule has 2 aromatic carbocycles. The van der Waals surface area contributed by atoms with Crippen molar-refractivity contribution in [2.24, 2.45) is 0 Å². The Hall–Kier alpha value is -2.61. The van der Waals surface area contributed by atoms with Crippen molar-refractivity contribution in [3.05, 3.63) is 77.0 Å². The van der Waals surface area contributed by atoms with E-state index in [0.29, 0.717) is 6.54 Å². The van der Waals surface area contributed by atoms with Crippen molar-refractivity contribution < 1.29 is 4.79 Å². The van der Waals surface area contributed by atoms with Crippen LogP contribution in [0.15, 0.2) is 60.3 Å². The van der Waals surface area contributed by atoms with E-state index in [1.165, 1.54) is 22.3 Å². The van der Waals surface area contributed by atoms with Crippen LogP contribution in [0.2, 0.25) is 0 Å². The van der Waals surface area contributed by atoms with Gasteiger partial charge in [-0.15, -0.1) is 0 Å². The lowest BCUT2D eigenvalue weighted by molar-refractivity contribution is -0.126. The number of carbonyl (C=O) groups excluding carboxylic acids is 1. The number of carbonyl (C=O) groups is 1. The lowest BCUT2D eigenvalue weighted by Gasteiger charge is -2.29. The van der Waals surface area contributed by atoms with E-state index in [2.05, 4.69) is 62.9 Å². The fraction of sp³-hybridized carbons (Fsp3) is 0.261. The number of amides is 1. The SMILES string of the molecule is C=C1CC/C(=C/c2ccc(C)c(-c3ccccc3C)c2)C(=O)N1CC. The molecule has 25 heavy (non-hydrogen) atoms. The Balaban J connectivity index is 1.99.